The fourth-order valence-electron chi connectivity index (χ4n) is 13.3. The zero-order chi connectivity index (χ0) is 69.6. The first-order chi connectivity index (χ1) is 46.8. The summed E-state index contributed by atoms with van der Waals surface area (Å²) in [4.78, 5) is 13.5. The van der Waals surface area contributed by atoms with E-state index >= 15 is 0 Å². The summed E-state index contributed by atoms with van der Waals surface area (Å²) in [5.41, 5.74) is 0. The molecule has 3 aliphatic rings. The van der Waals surface area contributed by atoms with Gasteiger partial charge in [0.15, 0.2) is 18.9 Å². The molecule has 17 unspecified atom stereocenters. The first-order valence-electron chi connectivity index (χ1n) is 39.2. The Morgan fingerprint density at radius 3 is 1.04 bits per heavy atom. The van der Waals surface area contributed by atoms with Crippen LogP contribution in [-0.4, -0.2) is 193 Å². The first-order valence-corrected chi connectivity index (χ1v) is 39.2. The van der Waals surface area contributed by atoms with Crippen molar-refractivity contribution in [2.24, 2.45) is 0 Å². The molecular weight excluding hydrogens is 1230 g/mol. The van der Waals surface area contributed by atoms with Crippen molar-refractivity contribution in [1.29, 1.82) is 0 Å². The molecule has 0 aromatic carbocycles. The standard InChI is InChI=1S/C77H143NO18/c1-3-5-7-9-11-13-15-17-19-21-23-25-26-27-28-29-30-31-32-33-34-35-37-39-41-43-45-47-49-51-53-55-65(83)78-60(61(82)54-52-50-48-46-44-42-40-38-36-24-22-20-18-16-14-12-10-8-6-4-2)59-91-75-71(89)68(86)73(63(57-80)93-75)96-77-72(90)69(87)74(64(58-81)94-77)95-76-70(88)67(85)66(84)62(56-79)92-76/h21,23,44,46,52,54,60-64,66-77,79-82,84-90H,3-20,22,24-43,45,47-51,53,55-59H2,1-2H3,(H,78,83)/b23-21-,46-44+,54-52+. The van der Waals surface area contributed by atoms with Crippen LogP contribution >= 0.6 is 0 Å². The van der Waals surface area contributed by atoms with E-state index < -0.39 is 124 Å². The van der Waals surface area contributed by atoms with Crippen molar-refractivity contribution in [2.45, 2.75) is 420 Å². The maximum absolute atomic E-state index is 13.5. The molecule has 1 amide bonds. The smallest absolute Gasteiger partial charge is 0.220 e. The lowest BCUT2D eigenvalue weighted by molar-refractivity contribution is -0.379. The molecule has 19 heteroatoms. The van der Waals surface area contributed by atoms with Crippen molar-refractivity contribution < 1.29 is 89.4 Å². The molecule has 0 bridgehead atoms. The van der Waals surface area contributed by atoms with Crippen LogP contribution in [0, 0.1) is 0 Å². The van der Waals surface area contributed by atoms with Crippen LogP contribution in [0.3, 0.4) is 0 Å². The number of allylic oxidation sites excluding steroid dienone is 5. The highest BCUT2D eigenvalue weighted by Crippen LogP contribution is 2.33. The summed E-state index contributed by atoms with van der Waals surface area (Å²) in [6, 6.07) is -0.989. The van der Waals surface area contributed by atoms with Crippen LogP contribution in [0.2, 0.25) is 0 Å². The summed E-state index contributed by atoms with van der Waals surface area (Å²) >= 11 is 0. The highest BCUT2D eigenvalue weighted by atomic mass is 16.8. The molecule has 0 aliphatic carbocycles. The number of aliphatic hydroxyl groups is 11. The topological polar surface area (TPSA) is 307 Å². The largest absolute Gasteiger partial charge is 0.394 e. The maximum atomic E-state index is 13.5. The number of hydrogen-bond acceptors (Lipinski definition) is 18. The molecule has 0 radical (unpaired) electrons. The molecular formula is C77H143NO18. The normalized spacial score (nSPS) is 27.2. The summed E-state index contributed by atoms with van der Waals surface area (Å²) in [6.07, 6.45) is 44.2. The lowest BCUT2D eigenvalue weighted by Gasteiger charge is -2.48. The van der Waals surface area contributed by atoms with Crippen molar-refractivity contribution in [3.8, 4) is 0 Å². The second-order valence-corrected chi connectivity index (χ2v) is 28.2. The average molecular weight is 1370 g/mol. The van der Waals surface area contributed by atoms with Gasteiger partial charge in [0.1, 0.15) is 73.2 Å². The summed E-state index contributed by atoms with van der Waals surface area (Å²) in [5, 5.41) is 121. The van der Waals surface area contributed by atoms with Gasteiger partial charge >= 0.3 is 0 Å². The van der Waals surface area contributed by atoms with Gasteiger partial charge in [0.2, 0.25) is 5.91 Å². The van der Waals surface area contributed by atoms with E-state index in [4.69, 9.17) is 28.4 Å². The van der Waals surface area contributed by atoms with Gasteiger partial charge in [-0.3, -0.25) is 4.79 Å². The van der Waals surface area contributed by atoms with Gasteiger partial charge in [0.05, 0.1) is 38.6 Å². The monoisotopic (exact) mass is 1370 g/mol. The van der Waals surface area contributed by atoms with Gasteiger partial charge in [-0.1, -0.05) is 288 Å². The molecule has 3 fully saturated rings. The van der Waals surface area contributed by atoms with E-state index in [1.54, 1.807) is 6.08 Å². The average Bonchev–Trinajstić information content (AvgIpc) is 0.786. The second-order valence-electron chi connectivity index (χ2n) is 28.2. The third-order valence-corrected chi connectivity index (χ3v) is 19.7. The maximum Gasteiger partial charge on any atom is 0.220 e. The van der Waals surface area contributed by atoms with Crippen LogP contribution in [-0.2, 0) is 33.2 Å². The van der Waals surface area contributed by atoms with Gasteiger partial charge in [-0.15, -0.1) is 0 Å². The number of amides is 1. The minimum Gasteiger partial charge on any atom is -0.394 e. The fourth-order valence-corrected chi connectivity index (χ4v) is 13.3. The molecule has 0 aromatic rings. The van der Waals surface area contributed by atoms with Crippen LogP contribution in [0.1, 0.15) is 316 Å². The molecule has 17 atom stereocenters. The number of rotatable bonds is 62. The second kappa shape index (κ2) is 58.5. The Balaban J connectivity index is 1.38. The summed E-state index contributed by atoms with van der Waals surface area (Å²) in [6.45, 7) is 1.76. The quantitative estimate of drug-likeness (QED) is 0.0199. The summed E-state index contributed by atoms with van der Waals surface area (Å²) in [5.74, 6) is -0.280. The van der Waals surface area contributed by atoms with Crippen molar-refractivity contribution in [3.63, 3.8) is 0 Å². The number of unbranched alkanes of at least 4 members (excludes halogenated alkanes) is 42. The van der Waals surface area contributed by atoms with Crippen molar-refractivity contribution in [1.82, 2.24) is 5.32 Å². The third-order valence-electron chi connectivity index (χ3n) is 19.7. The number of ether oxygens (including phenoxy) is 6. The van der Waals surface area contributed by atoms with Gasteiger partial charge in [-0.2, -0.15) is 0 Å². The molecule has 0 aromatic heterocycles. The highest BCUT2D eigenvalue weighted by molar-refractivity contribution is 5.76. The minimum absolute atomic E-state index is 0.239. The van der Waals surface area contributed by atoms with Crippen molar-refractivity contribution in [3.05, 3.63) is 36.5 Å². The molecule has 3 rings (SSSR count). The molecule has 0 saturated carbocycles. The molecule has 96 heavy (non-hydrogen) atoms. The van der Waals surface area contributed by atoms with Gasteiger partial charge in [0, 0.05) is 6.42 Å². The number of hydrogen-bond donors (Lipinski definition) is 12. The summed E-state index contributed by atoms with van der Waals surface area (Å²) < 4.78 is 34.4. The highest BCUT2D eigenvalue weighted by Gasteiger charge is 2.53. The van der Waals surface area contributed by atoms with E-state index in [9.17, 15) is 61.0 Å². The molecule has 3 saturated heterocycles. The van der Waals surface area contributed by atoms with Crippen molar-refractivity contribution in [2.75, 3.05) is 26.4 Å². The number of carbonyl (C=O) groups is 1. The molecule has 12 N–H and O–H groups in total. The van der Waals surface area contributed by atoms with Crippen LogP contribution in [0.4, 0.5) is 0 Å². The minimum atomic E-state index is -1.98. The van der Waals surface area contributed by atoms with Gasteiger partial charge in [0.25, 0.3) is 0 Å². The summed E-state index contributed by atoms with van der Waals surface area (Å²) in [7, 11) is 0. The van der Waals surface area contributed by atoms with E-state index in [2.05, 4.69) is 43.5 Å². The van der Waals surface area contributed by atoms with Crippen LogP contribution in [0.5, 0.6) is 0 Å². The van der Waals surface area contributed by atoms with Gasteiger partial charge < -0.3 is 89.9 Å². The Bertz CT molecular complexity index is 1880. The van der Waals surface area contributed by atoms with E-state index in [1.165, 1.54) is 244 Å². The van der Waals surface area contributed by atoms with Crippen molar-refractivity contribution >= 4 is 5.91 Å². The van der Waals surface area contributed by atoms with Crippen LogP contribution < -0.4 is 5.32 Å². The van der Waals surface area contributed by atoms with Gasteiger partial charge in [-0.05, 0) is 57.8 Å². The molecule has 3 heterocycles. The molecule has 19 nitrogen and oxygen atoms in total. The number of nitrogens with one attached hydrogen (secondary N) is 1. The molecule has 0 spiro atoms. The predicted octanol–water partition coefficient (Wildman–Crippen LogP) is 12.3. The fraction of sp³-hybridized carbons (Fsp3) is 0.909. The predicted molar refractivity (Wildman–Crippen MR) is 379 cm³/mol. The van der Waals surface area contributed by atoms with Crippen LogP contribution in [0.25, 0.3) is 0 Å². The van der Waals surface area contributed by atoms with E-state index in [1.807, 2.05) is 6.08 Å². The lowest BCUT2D eigenvalue weighted by Crippen LogP contribution is -2.66. The zero-order valence-corrected chi connectivity index (χ0v) is 60.1. The first kappa shape index (κ1) is 88.2. The van der Waals surface area contributed by atoms with Gasteiger partial charge in [-0.25, -0.2) is 0 Å². The molecule has 564 valence electrons. The van der Waals surface area contributed by atoms with E-state index in [0.717, 1.165) is 38.5 Å². The SMILES string of the molecule is CCCCCCCCCC/C=C\CCCCCCCCCCCCCCCCCCCCCC(=O)NC(COC1OC(CO)C(OC2OC(CO)C(OC3OC(CO)C(O)C(O)C3O)C(O)C2O)C(O)C1O)C(O)/C=C/CC/C=C/CCCCCCCCCCCCCCCC. The Labute approximate surface area is 581 Å². The van der Waals surface area contributed by atoms with E-state index in [0.29, 0.717) is 12.8 Å². The Kier molecular flexibility index (Phi) is 53.8. The number of aliphatic hydroxyl groups excluding tert-OH is 11. The van der Waals surface area contributed by atoms with E-state index in [-0.39, 0.29) is 18.9 Å². The van der Waals surface area contributed by atoms with Crippen LogP contribution in [0.15, 0.2) is 36.5 Å². The zero-order valence-electron chi connectivity index (χ0n) is 60.1. The third kappa shape index (κ3) is 38.9. The Morgan fingerprint density at radius 1 is 0.365 bits per heavy atom. The number of carbonyl (C=O) groups excluding carboxylic acids is 1. The molecule has 3 aliphatic heterocycles. The Hall–Kier alpha value is -1.99. The Morgan fingerprint density at radius 2 is 0.667 bits per heavy atom. The lowest BCUT2D eigenvalue weighted by atomic mass is 9.96.